The lowest BCUT2D eigenvalue weighted by molar-refractivity contribution is 0.668. The molecule has 0 bridgehead atoms. The Labute approximate surface area is 624 Å². The van der Waals surface area contributed by atoms with E-state index in [0.29, 0.717) is 0 Å². The normalized spacial score (nSPS) is 11.7. The Morgan fingerprint density at radius 2 is 0.528 bits per heavy atom. The monoisotopic (exact) mass is 1380 g/mol. The second-order valence-electron chi connectivity index (χ2n) is 27.8. The highest BCUT2D eigenvalue weighted by molar-refractivity contribution is 6.25. The van der Waals surface area contributed by atoms with E-state index in [1.54, 1.807) is 0 Å². The fraction of sp³-hybridized carbons (Fsp3) is 0. The maximum Gasteiger partial charge on any atom is 0.136 e. The van der Waals surface area contributed by atoms with Gasteiger partial charge in [-0.05, 0) is 177 Å². The van der Waals surface area contributed by atoms with E-state index >= 15 is 0 Å². The van der Waals surface area contributed by atoms with Crippen LogP contribution in [0.4, 0.5) is 34.1 Å². The Morgan fingerprint density at radius 1 is 0.194 bits per heavy atom. The number of hydrogen-bond donors (Lipinski definition) is 0. The first kappa shape index (κ1) is 62.1. The Kier molecular flexibility index (Phi) is 14.8. The molecule has 0 atom stereocenters. The first-order valence-corrected chi connectivity index (χ1v) is 36.9. The van der Waals surface area contributed by atoms with Crippen LogP contribution in [0.3, 0.4) is 0 Å². The van der Waals surface area contributed by atoms with Crippen LogP contribution in [-0.2, 0) is 0 Å². The van der Waals surface area contributed by atoms with Gasteiger partial charge in [0.2, 0.25) is 0 Å². The molecular weight excluding hydrogens is 1310 g/mol. The predicted octanol–water partition coefficient (Wildman–Crippen LogP) is 28.6. The predicted molar refractivity (Wildman–Crippen MR) is 452 cm³/mol. The van der Waals surface area contributed by atoms with E-state index in [4.69, 9.17) is 8.83 Å². The van der Waals surface area contributed by atoms with Crippen molar-refractivity contribution in [1.29, 1.82) is 0 Å². The molecule has 21 aromatic rings. The number of benzene rings is 17. The molecule has 17 aromatic carbocycles. The molecule has 108 heavy (non-hydrogen) atoms. The Hall–Kier alpha value is -14.5. The van der Waals surface area contributed by atoms with Crippen LogP contribution in [0.25, 0.3) is 166 Å². The lowest BCUT2D eigenvalue weighted by Crippen LogP contribution is -2.11. The summed E-state index contributed by atoms with van der Waals surface area (Å²) in [4.78, 5) is 4.92. The average Bonchev–Trinajstić information content (AvgIpc) is 1.59. The minimum Gasteiger partial charge on any atom is -0.456 e. The van der Waals surface area contributed by atoms with E-state index in [-0.39, 0.29) is 0 Å². The van der Waals surface area contributed by atoms with Crippen molar-refractivity contribution < 1.29 is 8.83 Å². The van der Waals surface area contributed by atoms with Gasteiger partial charge in [-0.1, -0.05) is 279 Å². The van der Waals surface area contributed by atoms with Crippen molar-refractivity contribution in [2.45, 2.75) is 0 Å². The zero-order valence-corrected chi connectivity index (χ0v) is 58.7. The Bertz CT molecular complexity index is 7040. The zero-order chi connectivity index (χ0) is 71.2. The van der Waals surface area contributed by atoms with Crippen LogP contribution < -0.4 is 9.80 Å². The standard InChI is InChI=1S/C102H66N4O2/c1-6-27-67(28-7-1)71-31-22-40-78(63-71)103(75-34-10-3-11-35-75)90-61-59-84(82-47-26-52-96-98(82)88-45-18-21-50-94(88)108-96)102-100(90)86-58-57-74(66-92(86)106(102)77-38-14-5-15-39-77)70-55-53-69(54-56-70)73-33-24-42-80(65-73)104(79-41-23-32-72(64-79)68-29-8-2-9-30-68)91-62-60-83(81-46-25-51-95-97(81)87-44-17-20-49-93(87)107-95)101-99(91)85-43-16-19-48-89(85)105(101)76-36-12-4-13-37-76/h1-66H. The molecule has 0 spiro atoms. The molecule has 6 heteroatoms. The molecule has 0 saturated carbocycles. The second-order valence-corrected chi connectivity index (χ2v) is 27.8. The van der Waals surface area contributed by atoms with Crippen LogP contribution in [0.5, 0.6) is 0 Å². The molecule has 4 aromatic heterocycles. The van der Waals surface area contributed by atoms with Gasteiger partial charge in [0.1, 0.15) is 22.3 Å². The van der Waals surface area contributed by atoms with Crippen LogP contribution in [0.2, 0.25) is 0 Å². The van der Waals surface area contributed by atoms with Gasteiger partial charge in [0.25, 0.3) is 0 Å². The third kappa shape index (κ3) is 10.3. The van der Waals surface area contributed by atoms with Gasteiger partial charge in [-0.15, -0.1) is 0 Å². The van der Waals surface area contributed by atoms with Gasteiger partial charge in [-0.25, -0.2) is 0 Å². The molecule has 0 saturated heterocycles. The highest BCUT2D eigenvalue weighted by Gasteiger charge is 2.29. The highest BCUT2D eigenvalue weighted by atomic mass is 16.3. The lowest BCUT2D eigenvalue weighted by Gasteiger charge is -2.28. The molecule has 0 aliphatic heterocycles. The van der Waals surface area contributed by atoms with E-state index in [1.165, 1.54) is 0 Å². The van der Waals surface area contributed by atoms with Gasteiger partial charge in [-0.2, -0.15) is 0 Å². The lowest BCUT2D eigenvalue weighted by atomic mass is 9.95. The van der Waals surface area contributed by atoms with Gasteiger partial charge in [0.05, 0.1) is 33.4 Å². The number of nitrogens with zero attached hydrogens (tertiary/aromatic N) is 4. The van der Waals surface area contributed by atoms with Crippen LogP contribution in [-0.4, -0.2) is 9.13 Å². The number of anilines is 6. The molecule has 0 amide bonds. The second kappa shape index (κ2) is 25.7. The van der Waals surface area contributed by atoms with Gasteiger partial charge in [-0.3, -0.25) is 0 Å². The van der Waals surface area contributed by atoms with Crippen molar-refractivity contribution >= 4 is 122 Å². The van der Waals surface area contributed by atoms with E-state index in [9.17, 15) is 0 Å². The van der Waals surface area contributed by atoms with Crippen LogP contribution in [0.15, 0.2) is 409 Å². The van der Waals surface area contributed by atoms with E-state index < -0.39 is 0 Å². The summed E-state index contributed by atoms with van der Waals surface area (Å²) < 4.78 is 18.2. The summed E-state index contributed by atoms with van der Waals surface area (Å²) >= 11 is 0. The molecule has 4 heterocycles. The average molecular weight is 1380 g/mol. The van der Waals surface area contributed by atoms with Crippen molar-refractivity contribution in [2.24, 2.45) is 0 Å². The fourth-order valence-electron chi connectivity index (χ4n) is 16.9. The quantitative estimate of drug-likeness (QED) is 0.109. The number of rotatable bonds is 14. The number of aromatic nitrogens is 2. The molecule has 0 N–H and O–H groups in total. The minimum absolute atomic E-state index is 0.852. The molecular formula is C102H66N4O2. The summed E-state index contributed by atoms with van der Waals surface area (Å²) in [5.41, 5.74) is 29.7. The number of hydrogen-bond acceptors (Lipinski definition) is 4. The van der Waals surface area contributed by atoms with Crippen molar-refractivity contribution in [3.05, 3.63) is 400 Å². The maximum absolute atomic E-state index is 6.65. The molecule has 6 nitrogen and oxygen atoms in total. The first-order valence-electron chi connectivity index (χ1n) is 36.9. The van der Waals surface area contributed by atoms with Gasteiger partial charge in [0, 0.05) is 88.3 Å². The molecule has 0 unspecified atom stereocenters. The summed E-state index contributed by atoms with van der Waals surface area (Å²) in [7, 11) is 0. The molecule has 0 radical (unpaired) electrons. The maximum atomic E-state index is 6.65. The van der Waals surface area contributed by atoms with Crippen molar-refractivity contribution in [1.82, 2.24) is 9.13 Å². The molecule has 21 rings (SSSR count). The van der Waals surface area contributed by atoms with Crippen molar-refractivity contribution in [3.8, 4) is 78.1 Å². The summed E-state index contributed by atoms with van der Waals surface area (Å²) in [5, 5.41) is 8.91. The van der Waals surface area contributed by atoms with E-state index in [2.05, 4.69) is 413 Å². The smallest absolute Gasteiger partial charge is 0.136 e. The molecule has 0 aliphatic carbocycles. The van der Waals surface area contributed by atoms with Crippen molar-refractivity contribution in [3.63, 3.8) is 0 Å². The summed E-state index contributed by atoms with van der Waals surface area (Å²) in [6, 6.07) is 145. The summed E-state index contributed by atoms with van der Waals surface area (Å²) in [6.07, 6.45) is 0. The Balaban J connectivity index is 0.745. The van der Waals surface area contributed by atoms with Crippen LogP contribution in [0.1, 0.15) is 0 Å². The minimum atomic E-state index is 0.852. The number of furan rings is 2. The van der Waals surface area contributed by atoms with Gasteiger partial charge >= 0.3 is 0 Å². The molecule has 506 valence electrons. The summed E-state index contributed by atoms with van der Waals surface area (Å²) in [6.45, 7) is 0. The van der Waals surface area contributed by atoms with Gasteiger partial charge < -0.3 is 27.8 Å². The topological polar surface area (TPSA) is 42.6 Å². The third-order valence-corrected chi connectivity index (χ3v) is 21.7. The van der Waals surface area contributed by atoms with Crippen LogP contribution in [0, 0.1) is 0 Å². The Morgan fingerprint density at radius 3 is 1.01 bits per heavy atom. The SMILES string of the molecule is c1ccc(-c2cccc(N(c3cccc(-c4ccc(-c5ccc6c7c(N(c8ccccc8)c8cccc(-c9ccccc9)c8)ccc(-c8cccc9oc%10ccccc%10c89)c7n(-c7ccccc7)c6c5)cc4)c3)c3ccc(-c4cccc5oc6ccccc6c45)c4c3c3ccccc3n4-c3ccccc3)c2)cc1. The molecule has 0 fully saturated rings. The van der Waals surface area contributed by atoms with Gasteiger partial charge in [0.15, 0.2) is 0 Å². The van der Waals surface area contributed by atoms with E-state index in [1.807, 2.05) is 6.07 Å². The highest BCUT2D eigenvalue weighted by Crippen LogP contribution is 2.53. The molecule has 0 aliphatic rings. The van der Waals surface area contributed by atoms with E-state index in [0.717, 1.165) is 200 Å². The fourth-order valence-corrected chi connectivity index (χ4v) is 16.9. The first-order chi connectivity index (χ1) is 53.6. The zero-order valence-electron chi connectivity index (χ0n) is 58.7. The summed E-state index contributed by atoms with van der Waals surface area (Å²) in [5.74, 6) is 0. The third-order valence-electron chi connectivity index (χ3n) is 21.7. The largest absolute Gasteiger partial charge is 0.456 e. The van der Waals surface area contributed by atoms with Crippen molar-refractivity contribution in [2.75, 3.05) is 9.80 Å². The number of para-hydroxylation sites is 6. The van der Waals surface area contributed by atoms with Crippen LogP contribution >= 0.6 is 0 Å². The number of fused-ring (bicyclic) bond motifs is 12.